The molecule has 0 radical (unpaired) electrons. The van der Waals surface area contributed by atoms with Crippen LogP contribution in [0, 0.1) is 0 Å². The van der Waals surface area contributed by atoms with Gasteiger partial charge in [0.15, 0.2) is 0 Å². The van der Waals surface area contributed by atoms with Crippen molar-refractivity contribution in [2.24, 2.45) is 0 Å². The number of hydrogen-bond donors (Lipinski definition) is 2. The molecule has 0 bridgehead atoms. The van der Waals surface area contributed by atoms with Crippen molar-refractivity contribution in [3.05, 3.63) is 48.5 Å². The normalized spacial score (nSPS) is 8.67. The van der Waals surface area contributed by atoms with E-state index in [1.54, 1.807) is 11.8 Å². The van der Waals surface area contributed by atoms with Gasteiger partial charge in [-0.25, -0.2) is 0 Å². The van der Waals surface area contributed by atoms with Crippen LogP contribution in [0.15, 0.2) is 53.4 Å². The molecule has 2 aromatic rings. The van der Waals surface area contributed by atoms with E-state index in [9.17, 15) is 0 Å². The summed E-state index contributed by atoms with van der Waals surface area (Å²) in [6.07, 6.45) is 2.09. The average Bonchev–Trinajstić information content (AvgIpc) is 2.59. The zero-order chi connectivity index (χ0) is 16.1. The predicted octanol–water partition coefficient (Wildman–Crippen LogP) is 6.25. The summed E-state index contributed by atoms with van der Waals surface area (Å²) in [5.41, 5.74) is 3.38. The number of nitrogens with one attached hydrogen (secondary N) is 2. The zero-order valence-corrected chi connectivity index (χ0v) is 14.8. The Labute approximate surface area is 134 Å². The van der Waals surface area contributed by atoms with Gasteiger partial charge in [-0.2, -0.15) is 0 Å². The molecule has 0 unspecified atom stereocenters. The second kappa shape index (κ2) is 12.2. The lowest BCUT2D eigenvalue weighted by Crippen LogP contribution is -1.94. The fourth-order valence-corrected chi connectivity index (χ4v) is 2.30. The molecular weight excluding hydrogens is 276 g/mol. The number of para-hydroxylation sites is 1. The highest BCUT2D eigenvalue weighted by molar-refractivity contribution is 7.98. The molecule has 0 fully saturated rings. The quantitative estimate of drug-likeness (QED) is 0.653. The first-order valence-corrected chi connectivity index (χ1v) is 8.74. The lowest BCUT2D eigenvalue weighted by molar-refractivity contribution is 1.38. The summed E-state index contributed by atoms with van der Waals surface area (Å²) < 4.78 is 0. The van der Waals surface area contributed by atoms with Gasteiger partial charge < -0.3 is 10.6 Å². The Morgan fingerprint density at radius 1 is 0.810 bits per heavy atom. The summed E-state index contributed by atoms with van der Waals surface area (Å²) in [7, 11) is 1.94. The molecule has 0 aliphatic rings. The second-order valence-corrected chi connectivity index (χ2v) is 4.50. The van der Waals surface area contributed by atoms with Crippen molar-refractivity contribution in [3.63, 3.8) is 0 Å². The van der Waals surface area contributed by atoms with Gasteiger partial charge in [0.05, 0.1) is 0 Å². The van der Waals surface area contributed by atoms with Gasteiger partial charge in [-0.15, -0.1) is 11.8 Å². The minimum atomic E-state index is 1.11. The SMILES string of the molecule is CC.CC.CNc1ccc(Nc2ccccc2)cc1SC. The molecule has 0 aliphatic carbocycles. The van der Waals surface area contributed by atoms with Crippen LogP contribution >= 0.6 is 11.8 Å². The largest absolute Gasteiger partial charge is 0.387 e. The fourth-order valence-electron chi connectivity index (χ4n) is 1.66. The smallest absolute Gasteiger partial charge is 0.0477 e. The van der Waals surface area contributed by atoms with E-state index in [1.807, 2.05) is 52.9 Å². The third-order valence-corrected chi connectivity index (χ3v) is 3.31. The van der Waals surface area contributed by atoms with Crippen molar-refractivity contribution in [1.29, 1.82) is 0 Å². The van der Waals surface area contributed by atoms with Gasteiger partial charge in [0.1, 0.15) is 0 Å². The molecule has 2 N–H and O–H groups in total. The van der Waals surface area contributed by atoms with Crippen molar-refractivity contribution in [3.8, 4) is 0 Å². The van der Waals surface area contributed by atoms with Crippen LogP contribution in [-0.4, -0.2) is 13.3 Å². The zero-order valence-electron chi connectivity index (χ0n) is 14.0. The Bertz CT molecular complexity index is 484. The first-order valence-electron chi connectivity index (χ1n) is 7.51. The number of hydrogen-bond acceptors (Lipinski definition) is 3. The first kappa shape index (κ1) is 19.4. The molecule has 0 aliphatic heterocycles. The molecule has 0 spiro atoms. The van der Waals surface area contributed by atoms with Crippen LogP contribution in [0.3, 0.4) is 0 Å². The molecule has 0 amide bonds. The molecule has 0 saturated carbocycles. The van der Waals surface area contributed by atoms with Crippen LogP contribution < -0.4 is 10.6 Å². The van der Waals surface area contributed by atoms with Crippen molar-refractivity contribution in [1.82, 2.24) is 0 Å². The maximum absolute atomic E-state index is 3.39. The Balaban J connectivity index is 0.000000921. The van der Waals surface area contributed by atoms with E-state index >= 15 is 0 Å². The van der Waals surface area contributed by atoms with Gasteiger partial charge >= 0.3 is 0 Å². The Hall–Kier alpha value is -1.61. The van der Waals surface area contributed by atoms with Crippen LogP contribution in [0.2, 0.25) is 0 Å². The molecule has 2 rings (SSSR count). The van der Waals surface area contributed by atoms with Crippen molar-refractivity contribution < 1.29 is 0 Å². The Morgan fingerprint density at radius 3 is 1.95 bits per heavy atom. The van der Waals surface area contributed by atoms with E-state index in [0.29, 0.717) is 0 Å². The van der Waals surface area contributed by atoms with Crippen LogP contribution in [0.4, 0.5) is 17.1 Å². The number of rotatable bonds is 4. The molecule has 0 saturated heterocycles. The lowest BCUT2D eigenvalue weighted by atomic mass is 10.2. The maximum Gasteiger partial charge on any atom is 0.0477 e. The topological polar surface area (TPSA) is 24.1 Å². The summed E-state index contributed by atoms with van der Waals surface area (Å²) in [6, 6.07) is 16.5. The first-order chi connectivity index (χ1) is 10.3. The van der Waals surface area contributed by atoms with Crippen LogP contribution in [0.5, 0.6) is 0 Å². The summed E-state index contributed by atoms with van der Waals surface area (Å²) in [5, 5.41) is 6.58. The molecule has 0 aromatic heterocycles. The maximum atomic E-state index is 3.39. The molecule has 0 atom stereocenters. The number of anilines is 3. The van der Waals surface area contributed by atoms with Gasteiger partial charge in [-0.3, -0.25) is 0 Å². The van der Waals surface area contributed by atoms with Crippen LogP contribution in [0.25, 0.3) is 0 Å². The van der Waals surface area contributed by atoms with Gasteiger partial charge in [-0.05, 0) is 36.6 Å². The average molecular weight is 305 g/mol. The van der Waals surface area contributed by atoms with Crippen LogP contribution in [0.1, 0.15) is 27.7 Å². The standard InChI is InChI=1S/C14H16N2S.2C2H6/c1-15-13-9-8-12(10-14(13)17-2)16-11-6-4-3-5-7-11;2*1-2/h3-10,15-16H,1-2H3;2*1-2H3. The highest BCUT2D eigenvalue weighted by Gasteiger charge is 2.01. The monoisotopic (exact) mass is 304 g/mol. The van der Waals surface area contributed by atoms with Crippen molar-refractivity contribution in [2.75, 3.05) is 23.9 Å². The highest BCUT2D eigenvalue weighted by atomic mass is 32.2. The van der Waals surface area contributed by atoms with E-state index < -0.39 is 0 Å². The van der Waals surface area contributed by atoms with Crippen LogP contribution in [-0.2, 0) is 0 Å². The molecule has 0 heterocycles. The molecular formula is C18H28N2S. The van der Waals surface area contributed by atoms with Gasteiger partial charge in [-0.1, -0.05) is 45.9 Å². The van der Waals surface area contributed by atoms with Gasteiger partial charge in [0, 0.05) is 29.0 Å². The highest BCUT2D eigenvalue weighted by Crippen LogP contribution is 2.29. The third kappa shape index (κ3) is 6.58. The predicted molar refractivity (Wildman–Crippen MR) is 100 cm³/mol. The van der Waals surface area contributed by atoms with E-state index in [4.69, 9.17) is 0 Å². The van der Waals surface area contributed by atoms with Gasteiger partial charge in [0.2, 0.25) is 0 Å². The lowest BCUT2D eigenvalue weighted by Gasteiger charge is -2.11. The Kier molecular flexibility index (Phi) is 11.2. The molecule has 2 nitrogen and oxygen atoms in total. The minimum absolute atomic E-state index is 1.11. The van der Waals surface area contributed by atoms with E-state index in [0.717, 1.165) is 17.1 Å². The minimum Gasteiger partial charge on any atom is -0.387 e. The van der Waals surface area contributed by atoms with E-state index in [-0.39, 0.29) is 0 Å². The summed E-state index contributed by atoms with van der Waals surface area (Å²) >= 11 is 1.74. The summed E-state index contributed by atoms with van der Waals surface area (Å²) in [4.78, 5) is 1.24. The molecule has 21 heavy (non-hydrogen) atoms. The van der Waals surface area contributed by atoms with Crippen molar-refractivity contribution in [2.45, 2.75) is 32.6 Å². The number of benzene rings is 2. The molecule has 2 aromatic carbocycles. The van der Waals surface area contributed by atoms with Gasteiger partial charge in [0.25, 0.3) is 0 Å². The summed E-state index contributed by atoms with van der Waals surface area (Å²) in [5.74, 6) is 0. The fraction of sp³-hybridized carbons (Fsp3) is 0.333. The van der Waals surface area contributed by atoms with Crippen molar-refractivity contribution >= 4 is 28.8 Å². The molecule has 116 valence electrons. The molecule has 3 heteroatoms. The van der Waals surface area contributed by atoms with E-state index in [1.165, 1.54) is 4.90 Å². The second-order valence-electron chi connectivity index (χ2n) is 3.66. The summed E-state index contributed by atoms with van der Waals surface area (Å²) in [6.45, 7) is 8.00. The van der Waals surface area contributed by atoms with E-state index in [2.05, 4.69) is 47.2 Å². The Morgan fingerprint density at radius 2 is 1.43 bits per heavy atom. The number of thioether (sulfide) groups is 1. The third-order valence-electron chi connectivity index (χ3n) is 2.53.